The van der Waals surface area contributed by atoms with Crippen molar-refractivity contribution >= 4 is 16.7 Å². The zero-order valence-corrected chi connectivity index (χ0v) is 13.7. The first-order chi connectivity index (χ1) is 12.7. The Kier molecular flexibility index (Phi) is 3.02. The van der Waals surface area contributed by atoms with Gasteiger partial charge in [0.25, 0.3) is 5.56 Å². The monoisotopic (exact) mass is 347 g/mol. The standard InChI is InChI=1S/C17H13N7O2/c1-2-23-14-4-3-10(7-13(14)21-22-23)12-8-15(25)24-16(20-12)11(9-19-24)17-18-5-6-26-17/h3-9,19H,2H2,1H3. The molecule has 5 aromatic rings. The van der Waals surface area contributed by atoms with E-state index in [0.29, 0.717) is 22.8 Å². The Balaban J connectivity index is 1.72. The molecule has 0 aliphatic carbocycles. The quantitative estimate of drug-likeness (QED) is 0.536. The third kappa shape index (κ3) is 2.07. The highest BCUT2D eigenvalue weighted by atomic mass is 16.3. The van der Waals surface area contributed by atoms with Gasteiger partial charge in [-0.25, -0.2) is 19.2 Å². The number of hydrogen-bond donors (Lipinski definition) is 1. The van der Waals surface area contributed by atoms with E-state index >= 15 is 0 Å². The summed E-state index contributed by atoms with van der Waals surface area (Å²) in [6, 6.07) is 7.20. The molecule has 0 radical (unpaired) electrons. The number of benzene rings is 1. The van der Waals surface area contributed by atoms with Crippen LogP contribution in [0.5, 0.6) is 0 Å². The maximum absolute atomic E-state index is 12.5. The van der Waals surface area contributed by atoms with Crippen molar-refractivity contribution in [3.63, 3.8) is 0 Å². The van der Waals surface area contributed by atoms with E-state index in [-0.39, 0.29) is 5.56 Å². The summed E-state index contributed by atoms with van der Waals surface area (Å²) >= 11 is 0. The highest BCUT2D eigenvalue weighted by molar-refractivity contribution is 5.81. The van der Waals surface area contributed by atoms with Crippen molar-refractivity contribution in [2.45, 2.75) is 13.5 Å². The minimum absolute atomic E-state index is 0.222. The molecule has 128 valence electrons. The first kappa shape index (κ1) is 14.6. The maximum atomic E-state index is 12.5. The van der Waals surface area contributed by atoms with Gasteiger partial charge in [0.1, 0.15) is 11.8 Å². The molecule has 1 aromatic carbocycles. The van der Waals surface area contributed by atoms with Crippen molar-refractivity contribution in [1.29, 1.82) is 0 Å². The van der Waals surface area contributed by atoms with Crippen LogP contribution in [0, 0.1) is 0 Å². The Labute approximate surface area is 145 Å². The van der Waals surface area contributed by atoms with Gasteiger partial charge in [0.05, 0.1) is 23.0 Å². The number of fused-ring (bicyclic) bond motifs is 2. The van der Waals surface area contributed by atoms with Gasteiger partial charge in [0, 0.05) is 24.4 Å². The summed E-state index contributed by atoms with van der Waals surface area (Å²) in [6.07, 6.45) is 4.67. The first-order valence-corrected chi connectivity index (χ1v) is 8.09. The first-order valence-electron chi connectivity index (χ1n) is 8.09. The molecular weight excluding hydrogens is 334 g/mol. The number of rotatable bonds is 3. The summed E-state index contributed by atoms with van der Waals surface area (Å²) in [4.78, 5) is 21.2. The average molecular weight is 347 g/mol. The Morgan fingerprint density at radius 3 is 3.00 bits per heavy atom. The predicted molar refractivity (Wildman–Crippen MR) is 93.5 cm³/mol. The van der Waals surface area contributed by atoms with E-state index in [0.717, 1.165) is 23.1 Å². The van der Waals surface area contributed by atoms with Crippen molar-refractivity contribution in [1.82, 2.24) is 34.6 Å². The van der Waals surface area contributed by atoms with Gasteiger partial charge >= 0.3 is 0 Å². The predicted octanol–water partition coefficient (Wildman–Crippen LogP) is 2.11. The number of hydrogen-bond acceptors (Lipinski definition) is 6. The van der Waals surface area contributed by atoms with Crippen LogP contribution < -0.4 is 5.56 Å². The lowest BCUT2D eigenvalue weighted by Gasteiger charge is -2.03. The number of oxazole rings is 1. The third-order valence-electron chi connectivity index (χ3n) is 4.27. The molecule has 26 heavy (non-hydrogen) atoms. The number of aryl methyl sites for hydroxylation is 1. The molecule has 1 N–H and O–H groups in total. The largest absolute Gasteiger partial charge is 0.444 e. The average Bonchev–Trinajstić information content (AvgIpc) is 3.39. The summed E-state index contributed by atoms with van der Waals surface area (Å²) < 4.78 is 8.51. The van der Waals surface area contributed by atoms with Crippen LogP contribution in [-0.2, 0) is 6.54 Å². The second-order valence-electron chi connectivity index (χ2n) is 5.77. The zero-order chi connectivity index (χ0) is 17.7. The normalized spacial score (nSPS) is 11.6. The second-order valence-corrected chi connectivity index (χ2v) is 5.77. The number of H-pyrrole nitrogens is 1. The second kappa shape index (κ2) is 5.38. The topological polar surface area (TPSA) is 107 Å². The van der Waals surface area contributed by atoms with Crippen LogP contribution in [0.1, 0.15) is 6.92 Å². The highest BCUT2D eigenvalue weighted by Gasteiger charge is 2.15. The molecule has 0 bridgehead atoms. The fourth-order valence-corrected chi connectivity index (χ4v) is 3.01. The van der Waals surface area contributed by atoms with Gasteiger partial charge in [0.15, 0.2) is 5.65 Å². The summed E-state index contributed by atoms with van der Waals surface area (Å²) in [5.41, 5.74) is 3.89. The highest BCUT2D eigenvalue weighted by Crippen LogP contribution is 2.25. The van der Waals surface area contributed by atoms with Crippen LogP contribution in [0.3, 0.4) is 0 Å². The van der Waals surface area contributed by atoms with Crippen molar-refractivity contribution < 1.29 is 4.42 Å². The minimum atomic E-state index is -0.222. The SMILES string of the molecule is CCn1nnc2cc(-c3cc(=O)n4[nH]cc(-c5ncco5)c4n3)ccc21. The summed E-state index contributed by atoms with van der Waals surface area (Å²) in [5.74, 6) is 0.397. The molecular formula is C17H13N7O2. The fourth-order valence-electron chi connectivity index (χ4n) is 3.01. The van der Waals surface area contributed by atoms with Crippen molar-refractivity contribution in [2.75, 3.05) is 0 Å². The molecule has 5 rings (SSSR count). The lowest BCUT2D eigenvalue weighted by atomic mass is 10.1. The Hall–Kier alpha value is -3.75. The van der Waals surface area contributed by atoms with E-state index in [1.165, 1.54) is 16.8 Å². The molecule has 0 spiro atoms. The number of nitrogens with one attached hydrogen (secondary N) is 1. The lowest BCUT2D eigenvalue weighted by molar-refractivity contribution is 0.575. The Morgan fingerprint density at radius 1 is 1.27 bits per heavy atom. The van der Waals surface area contributed by atoms with Gasteiger partial charge < -0.3 is 4.42 Å². The van der Waals surface area contributed by atoms with Gasteiger partial charge in [-0.2, -0.15) is 0 Å². The molecule has 0 saturated carbocycles. The van der Waals surface area contributed by atoms with E-state index in [9.17, 15) is 4.79 Å². The molecule has 9 heteroatoms. The molecule has 0 amide bonds. The summed E-state index contributed by atoms with van der Waals surface area (Å²) in [7, 11) is 0. The van der Waals surface area contributed by atoms with Crippen molar-refractivity contribution in [3.05, 3.63) is 53.3 Å². The summed E-state index contributed by atoms with van der Waals surface area (Å²) in [5, 5.41) is 11.2. The molecule has 0 fully saturated rings. The van der Waals surface area contributed by atoms with Crippen LogP contribution >= 0.6 is 0 Å². The van der Waals surface area contributed by atoms with Gasteiger partial charge in [-0.15, -0.1) is 5.10 Å². The number of nitrogens with zero attached hydrogens (tertiary/aromatic N) is 6. The van der Waals surface area contributed by atoms with Crippen LogP contribution in [-0.4, -0.2) is 34.6 Å². The fraction of sp³-hybridized carbons (Fsp3) is 0.118. The molecule has 4 aromatic heterocycles. The van der Waals surface area contributed by atoms with Crippen molar-refractivity contribution in [3.8, 4) is 22.7 Å². The van der Waals surface area contributed by atoms with E-state index < -0.39 is 0 Å². The zero-order valence-electron chi connectivity index (χ0n) is 13.7. The Morgan fingerprint density at radius 2 is 2.19 bits per heavy atom. The van der Waals surface area contributed by atoms with Gasteiger partial charge in [-0.1, -0.05) is 11.3 Å². The van der Waals surface area contributed by atoms with Gasteiger partial charge in [0.2, 0.25) is 5.89 Å². The van der Waals surface area contributed by atoms with E-state index in [2.05, 4.69) is 25.4 Å². The molecule has 0 saturated heterocycles. The van der Waals surface area contributed by atoms with Crippen LogP contribution in [0.4, 0.5) is 0 Å². The third-order valence-corrected chi connectivity index (χ3v) is 4.27. The molecule has 0 aliphatic rings. The van der Waals surface area contributed by atoms with Crippen LogP contribution in [0.15, 0.2) is 52.1 Å². The van der Waals surface area contributed by atoms with Gasteiger partial charge in [-0.05, 0) is 19.1 Å². The van der Waals surface area contributed by atoms with E-state index in [1.807, 2.05) is 29.8 Å². The van der Waals surface area contributed by atoms with Gasteiger partial charge in [-0.3, -0.25) is 9.89 Å². The molecule has 0 unspecified atom stereocenters. The molecule has 0 aliphatic heterocycles. The molecule has 0 atom stereocenters. The summed E-state index contributed by atoms with van der Waals surface area (Å²) in [6.45, 7) is 2.75. The lowest BCUT2D eigenvalue weighted by Crippen LogP contribution is -2.14. The number of aromatic amines is 1. The van der Waals surface area contributed by atoms with E-state index in [1.54, 1.807) is 12.4 Å². The molecule has 4 heterocycles. The van der Waals surface area contributed by atoms with Crippen LogP contribution in [0.25, 0.3) is 39.4 Å². The Bertz CT molecular complexity index is 1290. The maximum Gasteiger partial charge on any atom is 0.273 e. The smallest absolute Gasteiger partial charge is 0.273 e. The van der Waals surface area contributed by atoms with Crippen molar-refractivity contribution in [2.24, 2.45) is 0 Å². The van der Waals surface area contributed by atoms with E-state index in [4.69, 9.17) is 4.42 Å². The molecule has 9 nitrogen and oxygen atoms in total. The van der Waals surface area contributed by atoms with Crippen LogP contribution in [0.2, 0.25) is 0 Å². The minimum Gasteiger partial charge on any atom is -0.444 e. The number of aromatic nitrogens is 7.